The minimum Gasteiger partial charge on any atom is -0.491 e. The Balaban J connectivity index is 1.30. The molecule has 148 valence electrons. The standard InChI is InChI=1S/C21H25N3O4/c1-15(2)28-18-6-4-17(5-7-18)23-9-11-24(12-10-23)21(25)22-16-3-8-19-20(13-16)27-14-26-19/h3-8,13,15H,9-12,14H2,1-2H3,(H,22,25). The Hall–Kier alpha value is -3.09. The van der Waals surface area contributed by atoms with Gasteiger partial charge >= 0.3 is 6.03 Å². The first-order valence-corrected chi connectivity index (χ1v) is 9.56. The molecule has 0 aliphatic carbocycles. The summed E-state index contributed by atoms with van der Waals surface area (Å²) in [6.07, 6.45) is 0.165. The Morgan fingerprint density at radius 3 is 2.43 bits per heavy atom. The zero-order valence-corrected chi connectivity index (χ0v) is 16.2. The number of amides is 2. The number of nitrogens with one attached hydrogen (secondary N) is 1. The fourth-order valence-corrected chi connectivity index (χ4v) is 3.35. The van der Waals surface area contributed by atoms with Crippen molar-refractivity contribution in [3.63, 3.8) is 0 Å². The van der Waals surface area contributed by atoms with Crippen LogP contribution in [0.3, 0.4) is 0 Å². The van der Waals surface area contributed by atoms with Gasteiger partial charge in [-0.1, -0.05) is 0 Å². The van der Waals surface area contributed by atoms with Gasteiger partial charge in [-0.05, 0) is 50.2 Å². The Bertz CT molecular complexity index is 830. The fraction of sp³-hybridized carbons (Fsp3) is 0.381. The van der Waals surface area contributed by atoms with Crippen molar-refractivity contribution in [2.45, 2.75) is 20.0 Å². The SMILES string of the molecule is CC(C)Oc1ccc(N2CCN(C(=O)Nc3ccc4c(c3)OCO4)CC2)cc1. The summed E-state index contributed by atoms with van der Waals surface area (Å²) in [4.78, 5) is 16.7. The maximum atomic E-state index is 12.6. The average Bonchev–Trinajstić information content (AvgIpc) is 3.16. The molecule has 0 saturated carbocycles. The highest BCUT2D eigenvalue weighted by molar-refractivity contribution is 5.90. The van der Waals surface area contributed by atoms with Crippen LogP contribution in [0.25, 0.3) is 0 Å². The van der Waals surface area contributed by atoms with E-state index in [1.807, 2.05) is 43.0 Å². The molecule has 0 spiro atoms. The summed E-state index contributed by atoms with van der Waals surface area (Å²) < 4.78 is 16.3. The van der Waals surface area contributed by atoms with Crippen LogP contribution in [0.5, 0.6) is 17.2 Å². The molecule has 4 rings (SSSR count). The van der Waals surface area contributed by atoms with Crippen molar-refractivity contribution in [3.05, 3.63) is 42.5 Å². The van der Waals surface area contributed by atoms with E-state index in [0.29, 0.717) is 30.3 Å². The maximum Gasteiger partial charge on any atom is 0.321 e. The predicted molar refractivity (Wildman–Crippen MR) is 108 cm³/mol. The van der Waals surface area contributed by atoms with Crippen molar-refractivity contribution < 1.29 is 19.0 Å². The number of benzene rings is 2. The van der Waals surface area contributed by atoms with Gasteiger partial charge in [-0.2, -0.15) is 0 Å². The summed E-state index contributed by atoms with van der Waals surface area (Å²) in [6.45, 7) is 7.17. The van der Waals surface area contributed by atoms with E-state index in [0.717, 1.165) is 24.5 Å². The third kappa shape index (κ3) is 4.08. The highest BCUT2D eigenvalue weighted by Gasteiger charge is 2.22. The van der Waals surface area contributed by atoms with Crippen LogP contribution in [0.2, 0.25) is 0 Å². The van der Waals surface area contributed by atoms with E-state index in [1.165, 1.54) is 0 Å². The number of rotatable bonds is 4. The Labute approximate surface area is 164 Å². The maximum absolute atomic E-state index is 12.6. The molecule has 2 amide bonds. The van der Waals surface area contributed by atoms with Crippen LogP contribution < -0.4 is 24.4 Å². The van der Waals surface area contributed by atoms with Gasteiger partial charge in [0.2, 0.25) is 6.79 Å². The van der Waals surface area contributed by atoms with Gasteiger partial charge in [-0.25, -0.2) is 4.79 Å². The lowest BCUT2D eigenvalue weighted by atomic mass is 10.2. The monoisotopic (exact) mass is 383 g/mol. The van der Waals surface area contributed by atoms with Crippen LogP contribution in [0, 0.1) is 0 Å². The van der Waals surface area contributed by atoms with E-state index in [-0.39, 0.29) is 18.9 Å². The van der Waals surface area contributed by atoms with Crippen molar-refractivity contribution in [3.8, 4) is 17.2 Å². The molecule has 2 heterocycles. The fourth-order valence-electron chi connectivity index (χ4n) is 3.35. The molecule has 2 aromatic rings. The smallest absolute Gasteiger partial charge is 0.321 e. The normalized spacial score (nSPS) is 15.7. The first-order chi connectivity index (χ1) is 13.6. The summed E-state index contributed by atoms with van der Waals surface area (Å²) in [7, 11) is 0. The van der Waals surface area contributed by atoms with Gasteiger partial charge in [0.15, 0.2) is 11.5 Å². The van der Waals surface area contributed by atoms with Crippen LogP contribution in [-0.4, -0.2) is 50.0 Å². The van der Waals surface area contributed by atoms with Gasteiger partial charge in [0, 0.05) is 43.6 Å². The van der Waals surface area contributed by atoms with Gasteiger partial charge < -0.3 is 29.3 Å². The largest absolute Gasteiger partial charge is 0.491 e. The van der Waals surface area contributed by atoms with E-state index in [2.05, 4.69) is 22.3 Å². The van der Waals surface area contributed by atoms with Gasteiger partial charge in [0.05, 0.1) is 6.10 Å². The minimum atomic E-state index is -0.0980. The van der Waals surface area contributed by atoms with E-state index in [9.17, 15) is 4.79 Å². The van der Waals surface area contributed by atoms with Crippen molar-refractivity contribution in [1.29, 1.82) is 0 Å². The van der Waals surface area contributed by atoms with Crippen LogP contribution >= 0.6 is 0 Å². The third-order valence-electron chi connectivity index (χ3n) is 4.76. The molecular weight excluding hydrogens is 358 g/mol. The lowest BCUT2D eigenvalue weighted by molar-refractivity contribution is 0.174. The lowest BCUT2D eigenvalue weighted by Gasteiger charge is -2.36. The zero-order chi connectivity index (χ0) is 19.5. The highest BCUT2D eigenvalue weighted by atomic mass is 16.7. The molecule has 7 heteroatoms. The third-order valence-corrected chi connectivity index (χ3v) is 4.76. The number of urea groups is 1. The molecule has 28 heavy (non-hydrogen) atoms. The van der Waals surface area contributed by atoms with E-state index >= 15 is 0 Å². The summed E-state index contributed by atoms with van der Waals surface area (Å²) in [5, 5.41) is 2.94. The van der Waals surface area contributed by atoms with Crippen LogP contribution in [-0.2, 0) is 0 Å². The first kappa shape index (κ1) is 18.3. The van der Waals surface area contributed by atoms with Gasteiger partial charge in [0.1, 0.15) is 5.75 Å². The van der Waals surface area contributed by atoms with Crippen LogP contribution in [0.4, 0.5) is 16.2 Å². The van der Waals surface area contributed by atoms with Crippen LogP contribution in [0.15, 0.2) is 42.5 Å². The number of piperazine rings is 1. The number of hydrogen-bond donors (Lipinski definition) is 1. The Kier molecular flexibility index (Phi) is 5.14. The van der Waals surface area contributed by atoms with E-state index in [4.69, 9.17) is 14.2 Å². The summed E-state index contributed by atoms with van der Waals surface area (Å²) in [5.74, 6) is 2.24. The molecule has 2 aliphatic heterocycles. The molecule has 0 bridgehead atoms. The number of ether oxygens (including phenoxy) is 3. The number of carbonyl (C=O) groups is 1. The molecule has 1 fully saturated rings. The zero-order valence-electron chi connectivity index (χ0n) is 16.2. The Morgan fingerprint density at radius 2 is 1.71 bits per heavy atom. The molecule has 0 atom stereocenters. The summed E-state index contributed by atoms with van der Waals surface area (Å²) in [5.41, 5.74) is 1.85. The van der Waals surface area contributed by atoms with E-state index < -0.39 is 0 Å². The lowest BCUT2D eigenvalue weighted by Crippen LogP contribution is -2.50. The Morgan fingerprint density at radius 1 is 1.00 bits per heavy atom. The second-order valence-corrected chi connectivity index (χ2v) is 7.13. The van der Waals surface area contributed by atoms with Crippen molar-refractivity contribution in [2.75, 3.05) is 43.2 Å². The molecule has 1 saturated heterocycles. The molecule has 0 unspecified atom stereocenters. The number of carbonyl (C=O) groups excluding carboxylic acids is 1. The van der Waals surface area contributed by atoms with Crippen molar-refractivity contribution >= 4 is 17.4 Å². The van der Waals surface area contributed by atoms with Gasteiger partial charge in [0.25, 0.3) is 0 Å². The number of hydrogen-bond acceptors (Lipinski definition) is 5. The molecule has 2 aromatic carbocycles. The highest BCUT2D eigenvalue weighted by Crippen LogP contribution is 2.34. The molecule has 7 nitrogen and oxygen atoms in total. The predicted octanol–water partition coefficient (Wildman–Crippen LogP) is 3.56. The van der Waals surface area contributed by atoms with Gasteiger partial charge in [-0.15, -0.1) is 0 Å². The van der Waals surface area contributed by atoms with Crippen LogP contribution in [0.1, 0.15) is 13.8 Å². The second-order valence-electron chi connectivity index (χ2n) is 7.13. The number of fused-ring (bicyclic) bond motifs is 1. The average molecular weight is 383 g/mol. The number of nitrogens with zero attached hydrogens (tertiary/aromatic N) is 2. The topological polar surface area (TPSA) is 63.3 Å². The molecule has 0 radical (unpaired) electrons. The molecular formula is C21H25N3O4. The molecule has 1 N–H and O–H groups in total. The summed E-state index contributed by atoms with van der Waals surface area (Å²) in [6, 6.07) is 13.4. The van der Waals surface area contributed by atoms with Crippen molar-refractivity contribution in [2.24, 2.45) is 0 Å². The van der Waals surface area contributed by atoms with E-state index in [1.54, 1.807) is 6.07 Å². The summed E-state index contributed by atoms with van der Waals surface area (Å²) >= 11 is 0. The minimum absolute atomic E-state index is 0.0980. The number of anilines is 2. The second kappa shape index (κ2) is 7.88. The molecule has 0 aromatic heterocycles. The van der Waals surface area contributed by atoms with Gasteiger partial charge in [-0.3, -0.25) is 0 Å². The first-order valence-electron chi connectivity index (χ1n) is 9.56. The molecule has 2 aliphatic rings. The quantitative estimate of drug-likeness (QED) is 0.875. The van der Waals surface area contributed by atoms with Crippen molar-refractivity contribution in [1.82, 2.24) is 4.90 Å².